The van der Waals surface area contributed by atoms with E-state index in [-0.39, 0.29) is 5.91 Å². The van der Waals surface area contributed by atoms with Crippen molar-refractivity contribution >= 4 is 55.1 Å². The minimum atomic E-state index is -0.233. The van der Waals surface area contributed by atoms with Crippen molar-refractivity contribution < 1.29 is 9.53 Å². The lowest BCUT2D eigenvalue weighted by Crippen LogP contribution is -2.11. The second kappa shape index (κ2) is 6.61. The number of hydrogen-bond donors (Lipinski definition) is 1. The van der Waals surface area contributed by atoms with E-state index in [0.717, 1.165) is 8.95 Å². The molecule has 2 aromatic rings. The Balaban J connectivity index is 2.21. The average Bonchev–Trinajstić information content (AvgIpc) is 2.43. The second-order valence-electron chi connectivity index (χ2n) is 3.93. The molecule has 0 atom stereocenters. The molecule has 0 aromatic heterocycles. The van der Waals surface area contributed by atoms with Crippen molar-refractivity contribution in [2.45, 2.75) is 0 Å². The van der Waals surface area contributed by atoms with Gasteiger partial charge < -0.3 is 10.1 Å². The lowest BCUT2D eigenvalue weighted by Gasteiger charge is -2.09. The highest BCUT2D eigenvalue weighted by molar-refractivity contribution is 9.10. The van der Waals surface area contributed by atoms with Crippen molar-refractivity contribution in [3.8, 4) is 5.75 Å². The van der Waals surface area contributed by atoms with Crippen LogP contribution in [-0.4, -0.2) is 13.0 Å². The summed E-state index contributed by atoms with van der Waals surface area (Å²) in [6.45, 7) is 0. The predicted octanol–water partition coefficient (Wildman–Crippen LogP) is 5.13. The number of carbonyl (C=O) groups excluding carboxylic acids is 1. The number of anilines is 1. The molecule has 0 saturated carbocycles. The normalized spacial score (nSPS) is 10.2. The van der Waals surface area contributed by atoms with E-state index in [1.54, 1.807) is 37.4 Å². The highest BCUT2D eigenvalue weighted by atomic mass is 79.9. The number of halogens is 3. The molecule has 0 spiro atoms. The Bertz CT molecular complexity index is 662. The van der Waals surface area contributed by atoms with Gasteiger partial charge in [0.25, 0.3) is 5.91 Å². The first-order chi connectivity index (χ1) is 9.51. The fourth-order valence-corrected chi connectivity index (χ4v) is 2.41. The van der Waals surface area contributed by atoms with Crippen LogP contribution in [0.25, 0.3) is 0 Å². The molecule has 6 heteroatoms. The molecule has 0 unspecified atom stereocenters. The summed E-state index contributed by atoms with van der Waals surface area (Å²) >= 11 is 12.6. The number of nitrogens with one attached hydrogen (secondary N) is 1. The number of hydrogen-bond acceptors (Lipinski definition) is 2. The fourth-order valence-electron chi connectivity index (χ4n) is 1.58. The van der Waals surface area contributed by atoms with E-state index in [1.165, 1.54) is 0 Å². The van der Waals surface area contributed by atoms with Crippen molar-refractivity contribution in [1.29, 1.82) is 0 Å². The van der Waals surface area contributed by atoms with Crippen LogP contribution in [0.5, 0.6) is 5.75 Å². The number of amides is 1. The number of ether oxygens (including phenoxy) is 1. The molecule has 0 aliphatic carbocycles. The molecule has 0 aliphatic heterocycles. The van der Waals surface area contributed by atoms with Gasteiger partial charge in [-0.25, -0.2) is 0 Å². The lowest BCUT2D eigenvalue weighted by molar-refractivity contribution is 0.102. The van der Waals surface area contributed by atoms with E-state index >= 15 is 0 Å². The molecule has 0 aliphatic rings. The van der Waals surface area contributed by atoms with E-state index < -0.39 is 0 Å². The maximum Gasteiger partial charge on any atom is 0.255 e. The van der Waals surface area contributed by atoms with E-state index in [2.05, 4.69) is 37.2 Å². The predicted molar refractivity (Wildman–Crippen MR) is 87.8 cm³/mol. The molecule has 0 bridgehead atoms. The van der Waals surface area contributed by atoms with Gasteiger partial charge in [-0.3, -0.25) is 4.79 Å². The lowest BCUT2D eigenvalue weighted by atomic mass is 10.2. The van der Waals surface area contributed by atoms with Crippen molar-refractivity contribution in [2.75, 3.05) is 12.4 Å². The van der Waals surface area contributed by atoms with Crippen molar-refractivity contribution in [3.63, 3.8) is 0 Å². The molecule has 1 amide bonds. The maximum atomic E-state index is 12.1. The summed E-state index contributed by atoms with van der Waals surface area (Å²) in [5.41, 5.74) is 1.13. The standard InChI is InChI=1S/C14H10Br2ClNO2/c1-20-13-7-9(3-5-11(13)16)18-14(19)8-2-4-10(15)12(17)6-8/h2-7H,1H3,(H,18,19). The SMILES string of the molecule is COc1cc(NC(=O)c2ccc(Br)c(Cl)c2)ccc1Br. The van der Waals surface area contributed by atoms with Gasteiger partial charge in [0.2, 0.25) is 0 Å². The molecule has 2 rings (SSSR count). The van der Waals surface area contributed by atoms with E-state index in [1.807, 2.05) is 6.07 Å². The quantitative estimate of drug-likeness (QED) is 0.749. The van der Waals surface area contributed by atoms with Gasteiger partial charge >= 0.3 is 0 Å². The zero-order valence-electron chi connectivity index (χ0n) is 10.4. The molecule has 1 N–H and O–H groups in total. The summed E-state index contributed by atoms with van der Waals surface area (Å²) in [7, 11) is 1.57. The molecule has 104 valence electrons. The van der Waals surface area contributed by atoms with Gasteiger partial charge in [-0.2, -0.15) is 0 Å². The molecule has 0 heterocycles. The zero-order chi connectivity index (χ0) is 14.7. The van der Waals surface area contributed by atoms with Crippen LogP contribution in [0.4, 0.5) is 5.69 Å². The van der Waals surface area contributed by atoms with Gasteiger partial charge in [0.05, 0.1) is 16.6 Å². The minimum absolute atomic E-state index is 0.233. The van der Waals surface area contributed by atoms with Gasteiger partial charge in [0.1, 0.15) is 5.75 Å². The fraction of sp³-hybridized carbons (Fsp3) is 0.0714. The highest BCUT2D eigenvalue weighted by Gasteiger charge is 2.09. The summed E-state index contributed by atoms with van der Waals surface area (Å²) in [6, 6.07) is 10.4. The summed E-state index contributed by atoms with van der Waals surface area (Å²) < 4.78 is 6.76. The molecular weight excluding hydrogens is 409 g/mol. The zero-order valence-corrected chi connectivity index (χ0v) is 14.3. The third-order valence-corrected chi connectivity index (χ3v) is 4.48. The van der Waals surface area contributed by atoms with Crippen LogP contribution in [0.15, 0.2) is 45.3 Å². The molecular formula is C14H10Br2ClNO2. The van der Waals surface area contributed by atoms with Crippen molar-refractivity contribution in [3.05, 3.63) is 55.9 Å². The molecule has 0 saturated heterocycles. The number of methoxy groups -OCH3 is 1. The van der Waals surface area contributed by atoms with Gasteiger partial charge in [0.15, 0.2) is 0 Å². The third-order valence-electron chi connectivity index (χ3n) is 2.59. The minimum Gasteiger partial charge on any atom is -0.495 e. The number of carbonyl (C=O) groups is 1. The van der Waals surface area contributed by atoms with Crippen LogP contribution in [0.3, 0.4) is 0 Å². The largest absolute Gasteiger partial charge is 0.495 e. The Hall–Kier alpha value is -1.04. The Morgan fingerprint density at radius 3 is 2.50 bits per heavy atom. The second-order valence-corrected chi connectivity index (χ2v) is 6.05. The number of benzene rings is 2. The van der Waals surface area contributed by atoms with Crippen LogP contribution in [-0.2, 0) is 0 Å². The van der Waals surface area contributed by atoms with E-state index in [9.17, 15) is 4.79 Å². The summed E-state index contributed by atoms with van der Waals surface area (Å²) in [4.78, 5) is 12.1. The van der Waals surface area contributed by atoms with Crippen LogP contribution in [0.2, 0.25) is 5.02 Å². The van der Waals surface area contributed by atoms with Crippen LogP contribution in [0.1, 0.15) is 10.4 Å². The Morgan fingerprint density at radius 2 is 1.85 bits per heavy atom. The monoisotopic (exact) mass is 417 g/mol. The van der Waals surface area contributed by atoms with Gasteiger partial charge in [-0.05, 0) is 62.2 Å². The first-order valence-corrected chi connectivity index (χ1v) is 7.57. The molecule has 20 heavy (non-hydrogen) atoms. The summed E-state index contributed by atoms with van der Waals surface area (Å²) in [5, 5.41) is 3.28. The summed E-state index contributed by atoms with van der Waals surface area (Å²) in [5.74, 6) is 0.417. The van der Waals surface area contributed by atoms with E-state index in [4.69, 9.17) is 16.3 Å². The van der Waals surface area contributed by atoms with Gasteiger partial charge in [0, 0.05) is 21.8 Å². The molecule has 0 fully saturated rings. The summed E-state index contributed by atoms with van der Waals surface area (Å²) in [6.07, 6.45) is 0. The Labute approximate surface area is 138 Å². The van der Waals surface area contributed by atoms with Crippen LogP contribution in [0, 0.1) is 0 Å². The van der Waals surface area contributed by atoms with Crippen molar-refractivity contribution in [1.82, 2.24) is 0 Å². The van der Waals surface area contributed by atoms with Gasteiger partial charge in [-0.1, -0.05) is 11.6 Å². The first-order valence-electron chi connectivity index (χ1n) is 5.61. The smallest absolute Gasteiger partial charge is 0.255 e. The average molecular weight is 420 g/mol. The number of rotatable bonds is 3. The Morgan fingerprint density at radius 1 is 1.15 bits per heavy atom. The van der Waals surface area contributed by atoms with Crippen LogP contribution < -0.4 is 10.1 Å². The van der Waals surface area contributed by atoms with Gasteiger partial charge in [-0.15, -0.1) is 0 Å². The first kappa shape index (κ1) is 15.4. The van der Waals surface area contributed by atoms with Crippen molar-refractivity contribution in [2.24, 2.45) is 0 Å². The van der Waals surface area contributed by atoms with E-state index in [0.29, 0.717) is 22.0 Å². The molecule has 3 nitrogen and oxygen atoms in total. The topological polar surface area (TPSA) is 38.3 Å². The third kappa shape index (κ3) is 3.53. The maximum absolute atomic E-state index is 12.1. The highest BCUT2D eigenvalue weighted by Crippen LogP contribution is 2.28. The molecule has 2 aromatic carbocycles. The Kier molecular flexibility index (Phi) is 5.07. The molecule has 0 radical (unpaired) electrons. The van der Waals surface area contributed by atoms with Crippen LogP contribution >= 0.6 is 43.5 Å².